The quantitative estimate of drug-likeness (QED) is 0.254. The molecule has 0 aliphatic carbocycles. The highest BCUT2D eigenvalue weighted by molar-refractivity contribution is 9.10. The molecule has 0 spiro atoms. The average Bonchev–Trinajstić information content (AvgIpc) is 2.83. The van der Waals surface area contributed by atoms with Gasteiger partial charge in [-0.1, -0.05) is 47.1 Å². The van der Waals surface area contributed by atoms with Crippen molar-refractivity contribution in [3.63, 3.8) is 0 Å². The van der Waals surface area contributed by atoms with Crippen LogP contribution in [-0.4, -0.2) is 25.3 Å². The van der Waals surface area contributed by atoms with Gasteiger partial charge < -0.3 is 14.2 Å². The molecule has 0 fully saturated rings. The predicted molar refractivity (Wildman–Crippen MR) is 133 cm³/mol. The number of carbonyl (C=O) groups excluding carboxylic acids is 1. The van der Waals surface area contributed by atoms with Crippen molar-refractivity contribution in [3.05, 3.63) is 87.9 Å². The van der Waals surface area contributed by atoms with Crippen molar-refractivity contribution in [3.8, 4) is 17.2 Å². The summed E-state index contributed by atoms with van der Waals surface area (Å²) >= 11 is 3.43. The van der Waals surface area contributed by atoms with Gasteiger partial charge in [0.05, 0.1) is 19.4 Å². The molecule has 3 aromatic rings. The molecule has 0 aromatic heterocycles. The van der Waals surface area contributed by atoms with Crippen LogP contribution < -0.4 is 19.6 Å². The SMILES string of the molecule is CCCOc1ccc(C(=O)N/N=C/c2ccccc2OCc2ccc(Br)cc2)cc1OCC. The molecular formula is C26H27BrN2O4. The van der Waals surface area contributed by atoms with Crippen molar-refractivity contribution in [2.24, 2.45) is 5.10 Å². The zero-order chi connectivity index (χ0) is 23.5. The number of nitrogens with zero attached hydrogens (tertiary/aromatic N) is 1. The number of halogens is 1. The zero-order valence-electron chi connectivity index (χ0n) is 18.7. The molecule has 3 aromatic carbocycles. The third-order valence-electron chi connectivity index (χ3n) is 4.56. The van der Waals surface area contributed by atoms with Crippen molar-refractivity contribution in [2.75, 3.05) is 13.2 Å². The Morgan fingerprint density at radius 1 is 0.939 bits per heavy atom. The second-order valence-corrected chi connectivity index (χ2v) is 8.01. The van der Waals surface area contributed by atoms with E-state index in [-0.39, 0.29) is 5.91 Å². The van der Waals surface area contributed by atoms with E-state index in [0.717, 1.165) is 22.0 Å². The highest BCUT2D eigenvalue weighted by atomic mass is 79.9. The van der Waals surface area contributed by atoms with Gasteiger partial charge in [0.1, 0.15) is 12.4 Å². The molecule has 0 bridgehead atoms. The van der Waals surface area contributed by atoms with Crippen LogP contribution in [0.4, 0.5) is 0 Å². The Balaban J connectivity index is 1.64. The summed E-state index contributed by atoms with van der Waals surface area (Å²) in [4.78, 5) is 12.6. The molecule has 0 saturated heterocycles. The number of benzene rings is 3. The van der Waals surface area contributed by atoms with Gasteiger partial charge in [-0.25, -0.2) is 5.43 Å². The smallest absolute Gasteiger partial charge is 0.271 e. The summed E-state index contributed by atoms with van der Waals surface area (Å²) in [6.07, 6.45) is 2.45. The molecule has 0 aliphatic heterocycles. The lowest BCUT2D eigenvalue weighted by Gasteiger charge is -2.12. The van der Waals surface area contributed by atoms with E-state index in [0.29, 0.717) is 42.6 Å². The van der Waals surface area contributed by atoms with Crippen molar-refractivity contribution < 1.29 is 19.0 Å². The monoisotopic (exact) mass is 510 g/mol. The number of carbonyl (C=O) groups is 1. The van der Waals surface area contributed by atoms with Gasteiger partial charge in [-0.15, -0.1) is 0 Å². The molecule has 0 saturated carbocycles. The lowest BCUT2D eigenvalue weighted by Crippen LogP contribution is -2.18. The average molecular weight is 511 g/mol. The number of ether oxygens (including phenoxy) is 3. The molecule has 0 heterocycles. The number of hydrogen-bond acceptors (Lipinski definition) is 5. The molecule has 33 heavy (non-hydrogen) atoms. The van der Waals surface area contributed by atoms with E-state index >= 15 is 0 Å². The Morgan fingerprint density at radius 2 is 1.73 bits per heavy atom. The fourth-order valence-electron chi connectivity index (χ4n) is 2.93. The maximum Gasteiger partial charge on any atom is 0.271 e. The number of para-hydroxylation sites is 1. The number of hydrazone groups is 1. The first-order chi connectivity index (χ1) is 16.1. The maximum atomic E-state index is 12.6. The molecule has 0 radical (unpaired) electrons. The van der Waals surface area contributed by atoms with Crippen LogP contribution in [0.15, 0.2) is 76.3 Å². The van der Waals surface area contributed by atoms with Crippen LogP contribution in [0.2, 0.25) is 0 Å². The number of rotatable bonds is 11. The Hall–Kier alpha value is -3.32. The van der Waals surface area contributed by atoms with E-state index in [1.54, 1.807) is 24.4 Å². The first-order valence-electron chi connectivity index (χ1n) is 10.8. The summed E-state index contributed by atoms with van der Waals surface area (Å²) in [5.74, 6) is 1.49. The minimum absolute atomic E-state index is 0.345. The lowest BCUT2D eigenvalue weighted by atomic mass is 10.2. The van der Waals surface area contributed by atoms with Crippen LogP contribution in [0.3, 0.4) is 0 Å². The number of hydrogen-bond donors (Lipinski definition) is 1. The fraction of sp³-hybridized carbons (Fsp3) is 0.231. The molecule has 0 unspecified atom stereocenters. The maximum absolute atomic E-state index is 12.6. The molecular weight excluding hydrogens is 484 g/mol. The molecule has 1 amide bonds. The first kappa shape index (κ1) is 24.3. The second kappa shape index (κ2) is 12.6. The van der Waals surface area contributed by atoms with E-state index in [1.807, 2.05) is 62.4 Å². The van der Waals surface area contributed by atoms with Gasteiger partial charge in [-0.3, -0.25) is 4.79 Å². The van der Waals surface area contributed by atoms with Gasteiger partial charge in [0, 0.05) is 15.6 Å². The normalized spacial score (nSPS) is 10.8. The molecule has 7 heteroatoms. The van der Waals surface area contributed by atoms with E-state index < -0.39 is 0 Å². The van der Waals surface area contributed by atoms with Gasteiger partial charge in [0.15, 0.2) is 11.5 Å². The third-order valence-corrected chi connectivity index (χ3v) is 5.09. The molecule has 1 N–H and O–H groups in total. The van der Waals surface area contributed by atoms with E-state index in [9.17, 15) is 4.79 Å². The van der Waals surface area contributed by atoms with Crippen LogP contribution in [0.25, 0.3) is 0 Å². The highest BCUT2D eigenvalue weighted by Crippen LogP contribution is 2.28. The van der Waals surface area contributed by atoms with Crippen LogP contribution in [0, 0.1) is 0 Å². The van der Waals surface area contributed by atoms with Crippen LogP contribution >= 0.6 is 15.9 Å². The minimum atomic E-state index is -0.345. The van der Waals surface area contributed by atoms with Crippen LogP contribution in [0.5, 0.6) is 17.2 Å². The third kappa shape index (κ3) is 7.36. The summed E-state index contributed by atoms with van der Waals surface area (Å²) in [6, 6.07) is 20.6. The molecule has 0 aliphatic rings. The number of nitrogens with one attached hydrogen (secondary N) is 1. The van der Waals surface area contributed by atoms with Crippen molar-refractivity contribution in [2.45, 2.75) is 26.9 Å². The molecule has 172 valence electrons. The van der Waals surface area contributed by atoms with E-state index in [4.69, 9.17) is 14.2 Å². The van der Waals surface area contributed by atoms with Gasteiger partial charge in [-0.05, 0) is 61.4 Å². The molecule has 6 nitrogen and oxygen atoms in total. The number of amides is 1. The zero-order valence-corrected chi connectivity index (χ0v) is 20.3. The van der Waals surface area contributed by atoms with Crippen molar-refractivity contribution >= 4 is 28.1 Å². The van der Waals surface area contributed by atoms with E-state index in [2.05, 4.69) is 26.5 Å². The molecule has 3 rings (SSSR count). The second-order valence-electron chi connectivity index (χ2n) is 7.10. The van der Waals surface area contributed by atoms with Gasteiger partial charge in [0.2, 0.25) is 0 Å². The topological polar surface area (TPSA) is 69.2 Å². The van der Waals surface area contributed by atoms with Crippen LogP contribution in [-0.2, 0) is 6.61 Å². The van der Waals surface area contributed by atoms with Crippen LogP contribution in [0.1, 0.15) is 41.8 Å². The summed E-state index contributed by atoms with van der Waals surface area (Å²) in [5.41, 5.74) is 4.80. The summed E-state index contributed by atoms with van der Waals surface area (Å²) in [5, 5.41) is 4.11. The predicted octanol–water partition coefficient (Wildman–Crippen LogP) is 5.98. The van der Waals surface area contributed by atoms with Crippen molar-refractivity contribution in [1.29, 1.82) is 0 Å². The Kier molecular flexibility index (Phi) is 9.32. The first-order valence-corrected chi connectivity index (χ1v) is 11.6. The summed E-state index contributed by atoms with van der Waals surface area (Å²) in [6.45, 7) is 5.40. The largest absolute Gasteiger partial charge is 0.490 e. The Morgan fingerprint density at radius 3 is 2.48 bits per heavy atom. The standard InChI is InChI=1S/C26H27BrN2O4/c1-3-15-32-24-14-11-20(16-25(24)31-4-2)26(30)29-28-17-21-7-5-6-8-23(21)33-18-19-9-12-22(27)13-10-19/h5-14,16-17H,3-4,15,18H2,1-2H3,(H,29,30)/b28-17+. The summed E-state index contributed by atoms with van der Waals surface area (Å²) in [7, 11) is 0. The van der Waals surface area contributed by atoms with E-state index in [1.165, 1.54) is 0 Å². The minimum Gasteiger partial charge on any atom is -0.490 e. The lowest BCUT2D eigenvalue weighted by molar-refractivity contribution is 0.0954. The van der Waals surface area contributed by atoms with Gasteiger partial charge in [-0.2, -0.15) is 5.10 Å². The Labute approximate surface area is 202 Å². The highest BCUT2D eigenvalue weighted by Gasteiger charge is 2.11. The molecule has 0 atom stereocenters. The fourth-order valence-corrected chi connectivity index (χ4v) is 3.20. The van der Waals surface area contributed by atoms with Gasteiger partial charge in [0.25, 0.3) is 5.91 Å². The van der Waals surface area contributed by atoms with Gasteiger partial charge >= 0.3 is 0 Å². The van der Waals surface area contributed by atoms with Crippen molar-refractivity contribution in [1.82, 2.24) is 5.43 Å². The summed E-state index contributed by atoms with van der Waals surface area (Å²) < 4.78 is 18.3. The Bertz CT molecular complexity index is 1080.